The smallest absolute Gasteiger partial charge is 0.478 e. The number of benzene rings is 1. The van der Waals surface area contributed by atoms with Gasteiger partial charge in [-0.3, -0.25) is 24.0 Å². The van der Waals surface area contributed by atoms with Crippen LogP contribution in [-0.2, 0) is 44.9 Å². The van der Waals surface area contributed by atoms with E-state index in [-0.39, 0.29) is 106 Å². The molecule has 5 aliphatic rings. The number of nitrogens with zero attached hydrogens (tertiary/aromatic N) is 13. The molecule has 5 amide bonds. The molecule has 4 fully saturated rings. The first kappa shape index (κ1) is 108. The zero-order chi connectivity index (χ0) is 104. The molecule has 0 bridgehead atoms. The summed E-state index contributed by atoms with van der Waals surface area (Å²) in [5, 5.41) is -1.05. The Hall–Kier alpha value is -13.2. The van der Waals surface area contributed by atoms with Crippen molar-refractivity contribution in [2.75, 3.05) is 89.3 Å². The number of nitrogens with one attached hydrogen (secondary N) is 4. The van der Waals surface area contributed by atoms with Gasteiger partial charge in [0.05, 0.1) is 34.6 Å². The van der Waals surface area contributed by atoms with Gasteiger partial charge < -0.3 is 55.9 Å². The molecule has 0 aliphatic carbocycles. The summed E-state index contributed by atoms with van der Waals surface area (Å²) in [6.45, 7) is 43.1. The number of anilines is 7. The molecule has 5 aliphatic heterocycles. The van der Waals surface area contributed by atoms with E-state index in [4.69, 9.17) is 31.7 Å². The van der Waals surface area contributed by atoms with Gasteiger partial charge in [-0.2, -0.15) is 35.2 Å². The van der Waals surface area contributed by atoms with Crippen LogP contribution >= 0.6 is 0 Å². The van der Waals surface area contributed by atoms with Gasteiger partial charge in [0, 0.05) is 104 Å². The Balaban J connectivity index is 0.000000181. The Morgan fingerprint density at radius 2 is 0.950 bits per heavy atom. The number of aromatic nitrogens is 8. The number of amides is 5. The average molecular weight is 2020 g/mol. The standard InChI is InChI=1S/C29H40N6O4S.C25H26F3N5O4S.C23H30N4O4S.C21H29N5O4S/c1-19-15-29(5,6)35(17-19)26-21(27(37)33-40(38,39)24-11-7-10-23(30)32-24)12-13-22(31-26)20-9-8-14-34(18-20)25(36)16-28(2,3)4;1-15-12-24(2,3)33(14-15)22-19(23(34)32-38(35,36)21-6-4-5-20(29)31-21)11-17(13-30-22)16-7-9-18(10-8-16)37-25(26,27)28;1-16(2)11-13-31-19-9-6-10-20(25-19)32(29,30)26-22(28)18-8-7-12-24-21(18)27-15-17(3)14-23(27,4)5;1-6-30-20-14(3)10-15(18(24-20)26-12-13(2)11-21(26,4)5)19(27)25-31(28,29)16-8-7-9-23-17(16)22/h7,9-13,19H,8,14-18H2,1-6H3,(H2,30,32)(H,33,37);4-11,13,15H,12,14H2,1-3H3,(H2,29,31)(H,32,34);6-12,17H,13-15H2,1-5H3,(H,26,28);7-10,13H,6,11-12H2,1-5H3,(H2,22,23)(H,25,27)/t19-;;;13-/m0..0/s1. The number of hydrogen-bond donors (Lipinski definition) is 7. The number of carbonyl (C=O) groups is 5. The van der Waals surface area contributed by atoms with E-state index in [2.05, 4.69) is 139 Å². The quantitative estimate of drug-likeness (QED) is 0.0261. The molecule has 8 aromatic heterocycles. The van der Waals surface area contributed by atoms with Gasteiger partial charge in [-0.15, -0.1) is 13.2 Å². The molecule has 1 aromatic carbocycles. The molecule has 0 radical (unpaired) electrons. The maximum Gasteiger partial charge on any atom is 0.573 e. The van der Waals surface area contributed by atoms with Crippen LogP contribution in [0.2, 0.25) is 0 Å². The first-order valence-corrected chi connectivity index (χ1v) is 51.8. The van der Waals surface area contributed by atoms with Gasteiger partial charge in [0.1, 0.15) is 58.0 Å². The largest absolute Gasteiger partial charge is 0.573 e. The second-order valence-electron chi connectivity index (χ2n) is 39.9. The summed E-state index contributed by atoms with van der Waals surface area (Å²) in [4.78, 5) is 110. The van der Waals surface area contributed by atoms with Crippen molar-refractivity contribution in [3.05, 3.63) is 197 Å². The summed E-state index contributed by atoms with van der Waals surface area (Å²) in [7, 11) is -17.1. The van der Waals surface area contributed by atoms with Gasteiger partial charge in [-0.1, -0.05) is 90.4 Å². The highest BCUT2D eigenvalue weighted by Crippen LogP contribution is 2.44. The number of hydrogen-bond acceptors (Lipinski definition) is 31. The molecule has 0 spiro atoms. The molecule has 14 rings (SSSR count). The van der Waals surface area contributed by atoms with E-state index < -0.39 is 80.9 Å². The molecule has 4 atom stereocenters. The number of allylic oxidation sites excluding steroid dienone is 1. The number of pyridine rings is 8. The van der Waals surface area contributed by atoms with Gasteiger partial charge in [0.15, 0.2) is 15.1 Å². The van der Waals surface area contributed by atoms with E-state index >= 15 is 0 Å². The fourth-order valence-electron chi connectivity index (χ4n) is 18.1. The monoisotopic (exact) mass is 2020 g/mol. The third-order valence-corrected chi connectivity index (χ3v) is 29.0. The lowest BCUT2D eigenvalue weighted by molar-refractivity contribution is -0.274. The van der Waals surface area contributed by atoms with Crippen molar-refractivity contribution in [2.45, 2.75) is 219 Å². The van der Waals surface area contributed by atoms with Crippen molar-refractivity contribution in [2.24, 2.45) is 29.1 Å². The second-order valence-corrected chi connectivity index (χ2v) is 46.4. The molecule has 4 saturated heterocycles. The number of aryl methyl sites for hydroxylation is 1. The topological polar surface area (TPSA) is 495 Å². The van der Waals surface area contributed by atoms with Gasteiger partial charge in [-0.05, 0) is 252 Å². The number of carbonyl (C=O) groups excluding carboxylic acids is 5. The van der Waals surface area contributed by atoms with Crippen LogP contribution in [-0.4, -0.2) is 189 Å². The van der Waals surface area contributed by atoms with Gasteiger partial charge in [0.2, 0.25) is 17.7 Å². The lowest BCUT2D eigenvalue weighted by atomic mass is 9.91. The molecule has 2 unspecified atom stereocenters. The molecule has 0 saturated carbocycles. The Kier molecular flexibility index (Phi) is 33.1. The minimum atomic E-state index is -4.83. The van der Waals surface area contributed by atoms with Crippen LogP contribution < -0.4 is 69.9 Å². The Labute approximate surface area is 822 Å². The van der Waals surface area contributed by atoms with Gasteiger partial charge >= 0.3 is 6.36 Å². The predicted molar refractivity (Wildman–Crippen MR) is 533 cm³/mol. The highest BCUT2D eigenvalue weighted by atomic mass is 32.2. The molecule has 36 nitrogen and oxygen atoms in total. The van der Waals surface area contributed by atoms with E-state index in [0.717, 1.165) is 55.5 Å². The Bertz CT molecular complexity index is 6720. The van der Waals surface area contributed by atoms with E-state index in [0.29, 0.717) is 122 Å². The molecule has 9 aromatic rings. The number of halogens is 3. The maximum absolute atomic E-state index is 13.5. The summed E-state index contributed by atoms with van der Waals surface area (Å²) in [6.07, 6.45) is 8.32. The molecular formula is C98H125F3N20O16S4. The van der Waals surface area contributed by atoms with Crippen molar-refractivity contribution in [1.29, 1.82) is 0 Å². The number of nitrogens with two attached hydrogens (primary N) is 3. The SMILES string of the molecule is CC(C)=CCOc1cccc(S(=O)(=O)NC(=O)c2cccnc2N2CC(C)CC2(C)C)n1.CC1CN(c2ncc(-c3ccc(OC(F)(F)F)cc3)cc2C(=O)NS(=O)(=O)c2cccc(N)n2)C(C)(C)C1.CCOc1nc(N2C[C@@H](C)CC2(C)C)c(C(=O)NS(=O)(=O)c2cccnc2N)cc1C.C[C@@H]1CN(c2nc(C3=CCCN(C(=O)CC(C)(C)C)C3)ccc2C(=O)NS(=O)(=O)c2cccc(N)n2)C(C)(C)C1. The summed E-state index contributed by atoms with van der Waals surface area (Å²) in [5.41, 5.74) is 20.3. The summed E-state index contributed by atoms with van der Waals surface area (Å²) in [6, 6.07) is 30.0. The Morgan fingerprint density at radius 1 is 0.504 bits per heavy atom. The number of sulfonamides is 4. The third-order valence-electron chi connectivity index (χ3n) is 23.9. The summed E-state index contributed by atoms with van der Waals surface area (Å²) < 4.78 is 164. The molecular weight excluding hydrogens is 1900 g/mol. The van der Waals surface area contributed by atoms with Crippen LogP contribution in [0.5, 0.6) is 17.5 Å². The number of alkyl halides is 3. The van der Waals surface area contributed by atoms with E-state index in [1.165, 1.54) is 91.3 Å². The second kappa shape index (κ2) is 43.1. The maximum atomic E-state index is 13.5. The van der Waals surface area contributed by atoms with Crippen molar-refractivity contribution >= 4 is 116 Å². The first-order chi connectivity index (χ1) is 65.6. The van der Waals surface area contributed by atoms with Crippen molar-refractivity contribution in [3.63, 3.8) is 0 Å². The predicted octanol–water partition coefficient (Wildman–Crippen LogP) is 14.3. The highest BCUT2D eigenvalue weighted by molar-refractivity contribution is 7.91. The van der Waals surface area contributed by atoms with Crippen molar-refractivity contribution in [3.8, 4) is 28.6 Å². The average Bonchev–Trinajstić information content (AvgIpc) is 1.64. The van der Waals surface area contributed by atoms with Gasteiger partial charge in [-0.25, -0.2) is 57.2 Å². The Morgan fingerprint density at radius 3 is 1.42 bits per heavy atom. The number of nitrogen functional groups attached to an aromatic ring is 3. The molecule has 141 heavy (non-hydrogen) atoms. The molecule has 758 valence electrons. The van der Waals surface area contributed by atoms with E-state index in [1.54, 1.807) is 49.5 Å². The van der Waals surface area contributed by atoms with E-state index in [9.17, 15) is 70.8 Å². The summed E-state index contributed by atoms with van der Waals surface area (Å²) >= 11 is 0. The van der Waals surface area contributed by atoms with Crippen LogP contribution in [0, 0.1) is 36.0 Å². The van der Waals surface area contributed by atoms with Crippen LogP contribution in [0.25, 0.3) is 16.7 Å². The van der Waals surface area contributed by atoms with Crippen molar-refractivity contribution < 1.29 is 85.0 Å². The fraction of sp³-hybridized carbons (Fsp3) is 0.439. The van der Waals surface area contributed by atoms with Crippen molar-refractivity contribution in [1.82, 2.24) is 63.7 Å². The number of ether oxygens (including phenoxy) is 3. The highest BCUT2D eigenvalue weighted by Gasteiger charge is 2.45. The zero-order valence-electron chi connectivity index (χ0n) is 82.6. The molecule has 13 heterocycles. The first-order valence-electron chi connectivity index (χ1n) is 45.9. The fourth-order valence-corrected chi connectivity index (χ4v) is 21.9. The van der Waals surface area contributed by atoms with Crippen LogP contribution in [0.3, 0.4) is 0 Å². The minimum absolute atomic E-state index is 0.0206. The number of rotatable bonds is 25. The lowest BCUT2D eigenvalue weighted by Crippen LogP contribution is -2.41. The third kappa shape index (κ3) is 27.6. The van der Waals surface area contributed by atoms with Crippen LogP contribution in [0.4, 0.5) is 53.9 Å². The van der Waals surface area contributed by atoms with Crippen LogP contribution in [0.15, 0.2) is 184 Å². The van der Waals surface area contributed by atoms with Gasteiger partial charge in [0.25, 0.3) is 63.7 Å². The summed E-state index contributed by atoms with van der Waals surface area (Å²) in [5.74, 6) is -0.123. The molecule has 43 heteroatoms. The normalized spacial score (nSPS) is 18.1. The van der Waals surface area contributed by atoms with E-state index in [1.807, 2.05) is 80.9 Å². The molecule has 10 N–H and O–H groups in total. The lowest BCUT2D eigenvalue weighted by Gasteiger charge is -2.34. The van der Waals surface area contributed by atoms with Crippen LogP contribution in [0.1, 0.15) is 216 Å². The zero-order valence-corrected chi connectivity index (χ0v) is 85.8. The minimum Gasteiger partial charge on any atom is -0.478 e.